The van der Waals surface area contributed by atoms with Gasteiger partial charge in [-0.2, -0.15) is 4.98 Å². The molecular formula is C18H22ClN5O3S. The average molecular weight is 424 g/mol. The van der Waals surface area contributed by atoms with Crippen molar-refractivity contribution in [2.75, 3.05) is 30.4 Å². The van der Waals surface area contributed by atoms with E-state index in [0.717, 1.165) is 19.4 Å². The van der Waals surface area contributed by atoms with Crippen molar-refractivity contribution < 1.29 is 13.2 Å². The number of nitrogens with zero attached hydrogens (tertiary/aromatic N) is 3. The summed E-state index contributed by atoms with van der Waals surface area (Å²) in [4.78, 5) is 11.2. The summed E-state index contributed by atoms with van der Waals surface area (Å²) in [5.41, 5.74) is 0.625. The third kappa shape index (κ3) is 3.80. The first-order valence-electron chi connectivity index (χ1n) is 9.06. The van der Waals surface area contributed by atoms with Crippen molar-refractivity contribution in [3.05, 3.63) is 35.5 Å². The summed E-state index contributed by atoms with van der Waals surface area (Å²) in [7, 11) is -2.09. The van der Waals surface area contributed by atoms with Gasteiger partial charge in [0.25, 0.3) is 0 Å². The molecule has 1 spiro atoms. The molecule has 2 fully saturated rings. The second kappa shape index (κ2) is 7.14. The number of anilines is 3. The van der Waals surface area contributed by atoms with Gasteiger partial charge < -0.3 is 15.0 Å². The number of nitrogens with one attached hydrogen (secondary N) is 2. The van der Waals surface area contributed by atoms with Crippen LogP contribution >= 0.6 is 11.6 Å². The number of morpholine rings is 1. The molecule has 2 N–H and O–H groups in total. The highest BCUT2D eigenvalue weighted by Crippen LogP contribution is 2.44. The molecule has 1 aliphatic heterocycles. The highest BCUT2D eigenvalue weighted by molar-refractivity contribution is 7.89. The minimum absolute atomic E-state index is 0.0526. The van der Waals surface area contributed by atoms with E-state index in [4.69, 9.17) is 16.3 Å². The molecule has 10 heteroatoms. The fourth-order valence-corrected chi connectivity index (χ4v) is 4.14. The number of halogens is 1. The van der Waals surface area contributed by atoms with E-state index in [9.17, 15) is 8.42 Å². The van der Waals surface area contributed by atoms with Gasteiger partial charge >= 0.3 is 0 Å². The summed E-state index contributed by atoms with van der Waals surface area (Å²) in [6.07, 6.45) is 3.70. The zero-order chi connectivity index (χ0) is 19.9. The van der Waals surface area contributed by atoms with E-state index >= 15 is 0 Å². The Kier molecular flexibility index (Phi) is 4.95. The van der Waals surface area contributed by atoms with Gasteiger partial charge in [-0.15, -0.1) is 0 Å². The van der Waals surface area contributed by atoms with Crippen LogP contribution in [0.1, 0.15) is 19.8 Å². The van der Waals surface area contributed by atoms with Gasteiger partial charge in [-0.3, -0.25) is 0 Å². The molecule has 28 heavy (non-hydrogen) atoms. The summed E-state index contributed by atoms with van der Waals surface area (Å²) in [5.74, 6) is 1.07. The second-order valence-electron chi connectivity index (χ2n) is 7.19. The molecule has 1 atom stereocenters. The van der Waals surface area contributed by atoms with E-state index in [1.54, 1.807) is 18.3 Å². The molecule has 0 bridgehead atoms. The lowest BCUT2D eigenvalue weighted by Gasteiger charge is -2.39. The van der Waals surface area contributed by atoms with Crippen LogP contribution < -0.4 is 14.9 Å². The highest BCUT2D eigenvalue weighted by atomic mass is 35.5. The predicted molar refractivity (Wildman–Crippen MR) is 108 cm³/mol. The zero-order valence-electron chi connectivity index (χ0n) is 15.6. The monoisotopic (exact) mass is 423 g/mol. The molecule has 150 valence electrons. The lowest BCUT2D eigenvalue weighted by molar-refractivity contribution is 0.00318. The van der Waals surface area contributed by atoms with Crippen LogP contribution in [0.3, 0.4) is 0 Å². The first-order chi connectivity index (χ1) is 13.3. The van der Waals surface area contributed by atoms with E-state index in [1.807, 2.05) is 0 Å². The molecule has 2 aromatic rings. The highest BCUT2D eigenvalue weighted by Gasteiger charge is 2.49. The Bertz CT molecular complexity index is 979. The minimum Gasteiger partial charge on any atom is -0.371 e. The topological polar surface area (TPSA) is 96.5 Å². The van der Waals surface area contributed by atoms with Crippen LogP contribution in [-0.2, 0) is 14.8 Å². The minimum atomic E-state index is -3.47. The van der Waals surface area contributed by atoms with Crippen molar-refractivity contribution in [2.45, 2.75) is 36.3 Å². The molecule has 1 aromatic carbocycles. The molecule has 8 nitrogen and oxygen atoms in total. The quantitative estimate of drug-likeness (QED) is 0.762. The number of hydrogen-bond donors (Lipinski definition) is 2. The number of rotatable bonds is 5. The predicted octanol–water partition coefficient (Wildman–Crippen LogP) is 2.54. The summed E-state index contributed by atoms with van der Waals surface area (Å²) >= 11 is 6.39. The van der Waals surface area contributed by atoms with Crippen molar-refractivity contribution in [3.8, 4) is 0 Å². The van der Waals surface area contributed by atoms with Gasteiger partial charge in [0.2, 0.25) is 16.0 Å². The third-order valence-electron chi connectivity index (χ3n) is 5.12. The van der Waals surface area contributed by atoms with Crippen LogP contribution in [0, 0.1) is 0 Å². The van der Waals surface area contributed by atoms with Gasteiger partial charge in [-0.05, 0) is 51.1 Å². The standard InChI is InChI=1S/C18H22ClN5O3S/c1-12-10-27-18(7-8-18)11-24(12)16-15(19)9-21-17(23-16)22-13-3-5-14(6-4-13)28(25,26)20-2/h3-6,9,12,20H,7-8,10-11H2,1-2H3,(H,21,22,23)/t12-/m0/s1. The van der Waals surface area contributed by atoms with Crippen molar-refractivity contribution in [1.29, 1.82) is 0 Å². The average Bonchev–Trinajstić information content (AvgIpc) is 3.45. The van der Waals surface area contributed by atoms with Crippen molar-refractivity contribution in [1.82, 2.24) is 14.7 Å². The molecule has 1 aliphatic carbocycles. The Morgan fingerprint density at radius 2 is 2.00 bits per heavy atom. The van der Waals surface area contributed by atoms with Gasteiger partial charge in [-0.1, -0.05) is 11.6 Å². The molecule has 4 rings (SSSR count). The molecule has 2 aliphatic rings. The first-order valence-corrected chi connectivity index (χ1v) is 10.9. The Labute approximate surface area is 169 Å². The molecule has 0 radical (unpaired) electrons. The Morgan fingerprint density at radius 3 is 2.64 bits per heavy atom. The van der Waals surface area contributed by atoms with Gasteiger partial charge in [0.1, 0.15) is 5.02 Å². The van der Waals surface area contributed by atoms with E-state index in [0.29, 0.717) is 29.1 Å². The van der Waals surface area contributed by atoms with Crippen LogP contribution in [0.5, 0.6) is 0 Å². The van der Waals surface area contributed by atoms with Crippen LogP contribution in [0.4, 0.5) is 17.5 Å². The summed E-state index contributed by atoms with van der Waals surface area (Å²) in [6, 6.07) is 6.53. The molecular weight excluding hydrogens is 402 g/mol. The Hall–Kier alpha value is -1.94. The summed E-state index contributed by atoms with van der Waals surface area (Å²) < 4.78 is 31.9. The fourth-order valence-electron chi connectivity index (χ4n) is 3.21. The molecule has 0 amide bonds. The zero-order valence-corrected chi connectivity index (χ0v) is 17.2. The van der Waals surface area contributed by atoms with Crippen LogP contribution in [0.25, 0.3) is 0 Å². The van der Waals surface area contributed by atoms with E-state index in [2.05, 4.69) is 31.8 Å². The molecule has 1 aromatic heterocycles. The van der Waals surface area contributed by atoms with Crippen molar-refractivity contribution >= 4 is 39.1 Å². The van der Waals surface area contributed by atoms with Crippen LogP contribution in [-0.4, -0.2) is 50.2 Å². The van der Waals surface area contributed by atoms with E-state index in [-0.39, 0.29) is 16.5 Å². The van der Waals surface area contributed by atoms with Crippen LogP contribution in [0.15, 0.2) is 35.4 Å². The Balaban J connectivity index is 1.55. The number of hydrogen-bond acceptors (Lipinski definition) is 7. The third-order valence-corrected chi connectivity index (χ3v) is 6.81. The number of sulfonamides is 1. The number of ether oxygens (including phenoxy) is 1. The van der Waals surface area contributed by atoms with Crippen molar-refractivity contribution in [2.24, 2.45) is 0 Å². The lowest BCUT2D eigenvalue weighted by atomic mass is 10.2. The van der Waals surface area contributed by atoms with Crippen molar-refractivity contribution in [3.63, 3.8) is 0 Å². The van der Waals surface area contributed by atoms with Crippen LogP contribution in [0.2, 0.25) is 5.02 Å². The maximum atomic E-state index is 11.8. The maximum absolute atomic E-state index is 11.8. The summed E-state index contributed by atoms with van der Waals surface area (Å²) in [6.45, 7) is 3.49. The SMILES string of the molecule is CNS(=O)(=O)c1ccc(Nc2ncc(Cl)c(N3CC4(CC4)OC[C@@H]3C)n2)cc1. The summed E-state index contributed by atoms with van der Waals surface area (Å²) in [5, 5.41) is 3.60. The number of aromatic nitrogens is 2. The van der Waals surface area contributed by atoms with Gasteiger partial charge in [0.15, 0.2) is 5.82 Å². The first kappa shape index (κ1) is 19.4. The Morgan fingerprint density at radius 1 is 1.29 bits per heavy atom. The molecule has 0 unspecified atom stereocenters. The number of benzene rings is 1. The van der Waals surface area contributed by atoms with E-state index in [1.165, 1.54) is 19.2 Å². The van der Waals surface area contributed by atoms with E-state index < -0.39 is 10.0 Å². The maximum Gasteiger partial charge on any atom is 0.240 e. The lowest BCUT2D eigenvalue weighted by Crippen LogP contribution is -2.50. The van der Waals surface area contributed by atoms with Gasteiger partial charge in [-0.25, -0.2) is 18.1 Å². The second-order valence-corrected chi connectivity index (χ2v) is 9.49. The smallest absolute Gasteiger partial charge is 0.240 e. The van der Waals surface area contributed by atoms with Gasteiger partial charge in [0.05, 0.1) is 29.3 Å². The normalized spacial score (nSPS) is 21.0. The molecule has 2 heterocycles. The molecule has 1 saturated heterocycles. The molecule has 1 saturated carbocycles. The largest absolute Gasteiger partial charge is 0.371 e. The fraction of sp³-hybridized carbons (Fsp3) is 0.444. The van der Waals surface area contributed by atoms with Gasteiger partial charge in [0, 0.05) is 12.2 Å².